The number of anilines is 1. The number of aryl methyl sites for hydroxylation is 3. The molecule has 0 spiro atoms. The van der Waals surface area contributed by atoms with Gasteiger partial charge in [-0.1, -0.05) is 6.07 Å². The smallest absolute Gasteiger partial charge is 0.308 e. The predicted octanol–water partition coefficient (Wildman–Crippen LogP) is 3.43. The van der Waals surface area contributed by atoms with Gasteiger partial charge in [-0.3, -0.25) is 4.79 Å². The monoisotopic (exact) mass is 304 g/mol. The molecule has 0 aliphatic rings. The lowest BCUT2D eigenvalue weighted by molar-refractivity contribution is -0.136. The lowest BCUT2D eigenvalue weighted by atomic mass is 9.98. The zero-order chi connectivity index (χ0) is 15.7. The van der Waals surface area contributed by atoms with Crippen LogP contribution in [0.25, 0.3) is 11.3 Å². The number of nitrogens with zero attached hydrogens (tertiary/aromatic N) is 2. The van der Waals surface area contributed by atoms with E-state index in [0.29, 0.717) is 0 Å². The van der Waals surface area contributed by atoms with Crippen molar-refractivity contribution in [3.63, 3.8) is 0 Å². The fourth-order valence-corrected chi connectivity index (χ4v) is 3.20. The standard InChI is InChI=1S/C16H20N2O2S/c1-9-6-11(3)12(7-10(9)2)15-13(8-14(19)20)21-16(17-15)18(4)5/h6-7H,8H2,1-5H3,(H,19,20). The highest BCUT2D eigenvalue weighted by Gasteiger charge is 2.18. The second kappa shape index (κ2) is 5.85. The van der Waals surface area contributed by atoms with E-state index < -0.39 is 5.97 Å². The Kier molecular flexibility index (Phi) is 4.32. The quantitative estimate of drug-likeness (QED) is 0.940. The third-order valence-corrected chi connectivity index (χ3v) is 4.70. The minimum Gasteiger partial charge on any atom is -0.481 e. The van der Waals surface area contributed by atoms with Crippen molar-refractivity contribution in [3.8, 4) is 11.3 Å². The number of carboxylic acid groups (broad SMARTS) is 1. The van der Waals surface area contributed by atoms with Crippen LogP contribution in [0.2, 0.25) is 0 Å². The summed E-state index contributed by atoms with van der Waals surface area (Å²) in [7, 11) is 3.83. The first-order valence-corrected chi connectivity index (χ1v) is 7.58. The van der Waals surface area contributed by atoms with E-state index in [2.05, 4.69) is 31.0 Å². The van der Waals surface area contributed by atoms with Gasteiger partial charge in [0.1, 0.15) is 0 Å². The van der Waals surface area contributed by atoms with Crippen LogP contribution in [0.1, 0.15) is 21.6 Å². The van der Waals surface area contributed by atoms with Crippen molar-refractivity contribution in [3.05, 3.63) is 33.7 Å². The van der Waals surface area contributed by atoms with Crippen molar-refractivity contribution < 1.29 is 9.90 Å². The summed E-state index contributed by atoms with van der Waals surface area (Å²) in [6, 6.07) is 4.23. The summed E-state index contributed by atoms with van der Waals surface area (Å²) in [5.74, 6) is -0.827. The fourth-order valence-electron chi connectivity index (χ4n) is 2.21. The van der Waals surface area contributed by atoms with Gasteiger partial charge in [0.05, 0.1) is 12.1 Å². The second-order valence-corrected chi connectivity index (χ2v) is 6.55. The van der Waals surface area contributed by atoms with Crippen LogP contribution in [0.3, 0.4) is 0 Å². The van der Waals surface area contributed by atoms with Crippen LogP contribution >= 0.6 is 11.3 Å². The van der Waals surface area contributed by atoms with Gasteiger partial charge in [0.25, 0.3) is 0 Å². The zero-order valence-electron chi connectivity index (χ0n) is 13.0. The van der Waals surface area contributed by atoms with E-state index in [0.717, 1.165) is 26.8 Å². The van der Waals surface area contributed by atoms with Crippen molar-refractivity contribution in [2.24, 2.45) is 0 Å². The van der Waals surface area contributed by atoms with Gasteiger partial charge in [-0.05, 0) is 43.5 Å². The molecule has 0 unspecified atom stereocenters. The van der Waals surface area contributed by atoms with Crippen LogP contribution in [0, 0.1) is 20.8 Å². The number of rotatable bonds is 4. The van der Waals surface area contributed by atoms with Gasteiger partial charge in [-0.2, -0.15) is 0 Å². The van der Waals surface area contributed by atoms with Crippen LogP contribution in [-0.4, -0.2) is 30.2 Å². The number of carboxylic acids is 1. The van der Waals surface area contributed by atoms with Gasteiger partial charge >= 0.3 is 5.97 Å². The number of aliphatic carboxylic acids is 1. The first-order valence-electron chi connectivity index (χ1n) is 6.76. The Hall–Kier alpha value is -1.88. The molecule has 0 aliphatic carbocycles. The Morgan fingerprint density at radius 1 is 1.19 bits per heavy atom. The Bertz CT molecular complexity index is 690. The van der Waals surface area contributed by atoms with E-state index in [1.807, 2.05) is 25.9 Å². The highest BCUT2D eigenvalue weighted by atomic mass is 32.1. The van der Waals surface area contributed by atoms with E-state index in [9.17, 15) is 4.79 Å². The summed E-state index contributed by atoms with van der Waals surface area (Å²) >= 11 is 1.44. The number of hydrogen-bond donors (Lipinski definition) is 1. The molecular formula is C16H20N2O2S. The lowest BCUT2D eigenvalue weighted by Gasteiger charge is -2.09. The molecule has 1 N–H and O–H groups in total. The number of aromatic nitrogens is 1. The third kappa shape index (κ3) is 3.24. The maximum atomic E-state index is 11.1. The Balaban J connectivity index is 2.61. The maximum Gasteiger partial charge on any atom is 0.308 e. The Morgan fingerprint density at radius 2 is 1.81 bits per heavy atom. The van der Waals surface area contributed by atoms with E-state index in [1.54, 1.807) is 0 Å². The summed E-state index contributed by atoms with van der Waals surface area (Å²) in [6.07, 6.45) is 0.00715. The molecule has 0 atom stereocenters. The summed E-state index contributed by atoms with van der Waals surface area (Å²) in [6.45, 7) is 6.19. The first-order chi connectivity index (χ1) is 9.79. The van der Waals surface area contributed by atoms with Crippen LogP contribution in [0.4, 0.5) is 5.13 Å². The van der Waals surface area contributed by atoms with Crippen LogP contribution in [0.5, 0.6) is 0 Å². The number of hydrogen-bond acceptors (Lipinski definition) is 4. The van der Waals surface area contributed by atoms with Crippen molar-refractivity contribution in [2.75, 3.05) is 19.0 Å². The third-order valence-electron chi connectivity index (χ3n) is 3.48. The molecule has 0 bridgehead atoms. The molecule has 112 valence electrons. The van der Waals surface area contributed by atoms with Crippen LogP contribution < -0.4 is 4.90 Å². The predicted molar refractivity (Wildman–Crippen MR) is 87.4 cm³/mol. The minimum atomic E-state index is -0.827. The number of benzene rings is 1. The molecule has 0 amide bonds. The van der Waals surface area contributed by atoms with Crippen molar-refractivity contribution >= 4 is 22.4 Å². The normalized spacial score (nSPS) is 10.7. The molecular weight excluding hydrogens is 284 g/mol. The molecule has 21 heavy (non-hydrogen) atoms. The molecule has 5 heteroatoms. The number of carbonyl (C=O) groups is 1. The average molecular weight is 304 g/mol. The topological polar surface area (TPSA) is 53.4 Å². The largest absolute Gasteiger partial charge is 0.481 e. The molecule has 1 aromatic carbocycles. The molecule has 1 aromatic heterocycles. The van der Waals surface area contributed by atoms with Gasteiger partial charge in [0, 0.05) is 24.5 Å². The summed E-state index contributed by atoms with van der Waals surface area (Å²) in [5.41, 5.74) is 5.38. The van der Waals surface area contributed by atoms with E-state index >= 15 is 0 Å². The van der Waals surface area contributed by atoms with Gasteiger partial charge in [0.2, 0.25) is 0 Å². The Labute approximate surface area is 129 Å². The molecule has 0 saturated heterocycles. The minimum absolute atomic E-state index is 0.00715. The van der Waals surface area contributed by atoms with Crippen molar-refractivity contribution in [2.45, 2.75) is 27.2 Å². The fraction of sp³-hybridized carbons (Fsp3) is 0.375. The molecule has 0 fully saturated rings. The van der Waals surface area contributed by atoms with Crippen molar-refractivity contribution in [1.29, 1.82) is 0 Å². The van der Waals surface area contributed by atoms with E-state index in [4.69, 9.17) is 5.11 Å². The lowest BCUT2D eigenvalue weighted by Crippen LogP contribution is -2.07. The van der Waals surface area contributed by atoms with Crippen LogP contribution in [-0.2, 0) is 11.2 Å². The van der Waals surface area contributed by atoms with Crippen molar-refractivity contribution in [1.82, 2.24) is 4.98 Å². The number of thiazole rings is 1. The van der Waals surface area contributed by atoms with Gasteiger partial charge in [-0.15, -0.1) is 11.3 Å². The molecule has 0 radical (unpaired) electrons. The summed E-state index contributed by atoms with van der Waals surface area (Å²) in [5, 5.41) is 9.95. The van der Waals surface area contributed by atoms with Gasteiger partial charge in [0.15, 0.2) is 5.13 Å². The van der Waals surface area contributed by atoms with Gasteiger partial charge in [-0.25, -0.2) is 4.98 Å². The summed E-state index contributed by atoms with van der Waals surface area (Å²) < 4.78 is 0. The first kappa shape index (κ1) is 15.5. The highest BCUT2D eigenvalue weighted by Crippen LogP contribution is 2.35. The molecule has 0 saturated carbocycles. The molecule has 0 aliphatic heterocycles. The maximum absolute atomic E-state index is 11.1. The second-order valence-electron chi connectivity index (χ2n) is 5.48. The highest BCUT2D eigenvalue weighted by molar-refractivity contribution is 7.16. The molecule has 2 rings (SSSR count). The zero-order valence-corrected chi connectivity index (χ0v) is 13.8. The molecule has 2 aromatic rings. The molecule has 1 heterocycles. The van der Waals surface area contributed by atoms with Gasteiger partial charge < -0.3 is 10.0 Å². The van der Waals surface area contributed by atoms with E-state index in [1.165, 1.54) is 22.5 Å². The SMILES string of the molecule is Cc1cc(C)c(-c2nc(N(C)C)sc2CC(=O)O)cc1C. The van der Waals surface area contributed by atoms with E-state index in [-0.39, 0.29) is 6.42 Å². The molecule has 4 nitrogen and oxygen atoms in total. The summed E-state index contributed by atoms with van der Waals surface area (Å²) in [4.78, 5) is 18.5. The van der Waals surface area contributed by atoms with Crippen LogP contribution in [0.15, 0.2) is 12.1 Å². The average Bonchev–Trinajstić information content (AvgIpc) is 2.77. The Morgan fingerprint density at radius 3 is 2.38 bits per heavy atom.